The van der Waals surface area contributed by atoms with E-state index in [2.05, 4.69) is 36.8 Å². The van der Waals surface area contributed by atoms with Gasteiger partial charge in [-0.25, -0.2) is 9.37 Å². The number of halogens is 4. The minimum Gasteiger partial charge on any atom is -0.209 e. The Bertz CT molecular complexity index is 214. The molecule has 0 N–H and O–H groups in total. The second-order valence-electron chi connectivity index (χ2n) is 1.53. The molecule has 0 fully saturated rings. The van der Waals surface area contributed by atoms with Crippen molar-refractivity contribution in [3.63, 3.8) is 0 Å². The normalized spacial score (nSPS) is 10.0. The average molecular weight is 273 g/mol. The number of hydrogen-bond acceptors (Lipinski definition) is 1. The molecule has 0 amide bonds. The quantitative estimate of drug-likeness (QED) is 0.662. The highest BCUT2D eigenvalue weighted by Crippen LogP contribution is 2.19. The fourth-order valence-corrected chi connectivity index (χ4v) is 0.983. The van der Waals surface area contributed by atoms with E-state index in [0.717, 1.165) is 6.07 Å². The molecule has 0 aliphatic heterocycles. The third kappa shape index (κ3) is 1.52. The van der Waals surface area contributed by atoms with Gasteiger partial charge in [0.25, 0.3) is 0 Å². The number of aromatic nitrogens is 1. The lowest BCUT2D eigenvalue weighted by Crippen LogP contribution is -1.88. The fraction of sp³-hybridized carbons (Fsp3) is 0. The van der Waals surface area contributed by atoms with E-state index >= 15 is 0 Å². The smallest absolute Gasteiger partial charge is 0.209 e. The lowest BCUT2D eigenvalue weighted by atomic mass is 10.5. The minimum atomic E-state index is -0.728. The van der Waals surface area contributed by atoms with Gasteiger partial charge in [-0.1, -0.05) is 0 Å². The first-order valence-corrected chi connectivity index (χ1v) is 3.87. The summed E-state index contributed by atoms with van der Waals surface area (Å²) >= 11 is 5.52. The molecule has 0 saturated heterocycles. The maximum atomic E-state index is 12.5. The minimum absolute atomic E-state index is 0.0215. The zero-order valence-electron chi connectivity index (χ0n) is 4.54. The molecule has 1 aromatic rings. The summed E-state index contributed by atoms with van der Waals surface area (Å²) in [5, 5.41) is 0. The zero-order chi connectivity index (χ0) is 7.72. The third-order valence-electron chi connectivity index (χ3n) is 0.844. The van der Waals surface area contributed by atoms with Crippen molar-refractivity contribution in [2.45, 2.75) is 0 Å². The van der Waals surface area contributed by atoms with Gasteiger partial charge in [0.05, 0.1) is 4.47 Å². The first-order chi connectivity index (χ1) is 4.61. The van der Waals surface area contributed by atoms with Crippen LogP contribution in [0.5, 0.6) is 0 Å². The lowest BCUT2D eigenvalue weighted by molar-refractivity contribution is 0.546. The molecule has 0 aliphatic rings. The second kappa shape index (κ2) is 2.92. The first-order valence-electron chi connectivity index (χ1n) is 2.28. The molecule has 0 spiro atoms. The van der Waals surface area contributed by atoms with Crippen LogP contribution in [0.4, 0.5) is 8.78 Å². The number of hydrogen-bond donors (Lipinski definition) is 0. The van der Waals surface area contributed by atoms with Gasteiger partial charge in [0.15, 0.2) is 5.82 Å². The predicted octanol–water partition coefficient (Wildman–Crippen LogP) is 2.88. The average Bonchev–Trinajstić information content (AvgIpc) is 1.84. The van der Waals surface area contributed by atoms with Crippen molar-refractivity contribution in [2.75, 3.05) is 0 Å². The second-order valence-corrected chi connectivity index (χ2v) is 3.14. The molecule has 0 aliphatic carbocycles. The highest BCUT2D eigenvalue weighted by atomic mass is 79.9. The van der Waals surface area contributed by atoms with Crippen LogP contribution in [0.1, 0.15) is 0 Å². The van der Waals surface area contributed by atoms with Gasteiger partial charge >= 0.3 is 0 Å². The number of pyridine rings is 1. The predicted molar refractivity (Wildman–Crippen MR) is 39.6 cm³/mol. The summed E-state index contributed by atoms with van der Waals surface area (Å²) in [7, 11) is 0. The van der Waals surface area contributed by atoms with E-state index in [4.69, 9.17) is 0 Å². The first kappa shape index (κ1) is 8.07. The highest BCUT2D eigenvalue weighted by Gasteiger charge is 2.06. The molecule has 0 aromatic carbocycles. The van der Waals surface area contributed by atoms with Crippen LogP contribution in [-0.2, 0) is 0 Å². The van der Waals surface area contributed by atoms with Crippen molar-refractivity contribution in [1.82, 2.24) is 4.98 Å². The van der Waals surface area contributed by atoms with Crippen LogP contribution in [0.3, 0.4) is 0 Å². The van der Waals surface area contributed by atoms with E-state index in [1.807, 2.05) is 0 Å². The van der Waals surface area contributed by atoms with Crippen LogP contribution >= 0.6 is 31.9 Å². The van der Waals surface area contributed by atoms with Crippen molar-refractivity contribution < 1.29 is 8.78 Å². The molecule has 5 heteroatoms. The maximum absolute atomic E-state index is 12.5. The zero-order valence-corrected chi connectivity index (χ0v) is 7.71. The molecule has 0 atom stereocenters. The van der Waals surface area contributed by atoms with Crippen LogP contribution in [-0.4, -0.2) is 4.98 Å². The molecular formula is C5HBr2F2N. The fourth-order valence-electron chi connectivity index (χ4n) is 0.423. The standard InChI is InChI=1S/C5HBr2F2N/c6-2-1-3(8)4(7)10-5(2)9/h1H. The summed E-state index contributed by atoms with van der Waals surface area (Å²) in [6.07, 6.45) is 0. The monoisotopic (exact) mass is 271 g/mol. The molecule has 0 unspecified atom stereocenters. The summed E-state index contributed by atoms with van der Waals surface area (Å²) in [5.41, 5.74) is 0. The number of nitrogens with zero attached hydrogens (tertiary/aromatic N) is 1. The summed E-state index contributed by atoms with van der Waals surface area (Å²) in [6, 6.07) is 1.01. The van der Waals surface area contributed by atoms with Gasteiger partial charge in [0.1, 0.15) is 4.60 Å². The van der Waals surface area contributed by atoms with Crippen molar-refractivity contribution >= 4 is 31.9 Å². The van der Waals surface area contributed by atoms with E-state index in [-0.39, 0.29) is 9.08 Å². The Morgan fingerprint density at radius 3 is 2.40 bits per heavy atom. The van der Waals surface area contributed by atoms with Gasteiger partial charge in [0, 0.05) is 0 Å². The molecule has 1 heterocycles. The van der Waals surface area contributed by atoms with Crippen LogP contribution in [0.25, 0.3) is 0 Å². The van der Waals surface area contributed by atoms with Gasteiger partial charge in [-0.15, -0.1) is 0 Å². The van der Waals surface area contributed by atoms with Gasteiger partial charge in [0.2, 0.25) is 5.95 Å². The maximum Gasteiger partial charge on any atom is 0.228 e. The molecule has 1 rings (SSSR count). The van der Waals surface area contributed by atoms with Gasteiger partial charge in [-0.2, -0.15) is 4.39 Å². The van der Waals surface area contributed by atoms with Crippen LogP contribution in [0.15, 0.2) is 15.1 Å². The van der Waals surface area contributed by atoms with Gasteiger partial charge in [-0.05, 0) is 37.9 Å². The third-order valence-corrected chi connectivity index (χ3v) is 1.96. The molecule has 10 heavy (non-hydrogen) atoms. The Kier molecular flexibility index (Phi) is 2.36. The molecule has 1 aromatic heterocycles. The van der Waals surface area contributed by atoms with Crippen molar-refractivity contribution in [1.29, 1.82) is 0 Å². The molecule has 54 valence electrons. The Hall–Kier alpha value is -0.0300. The SMILES string of the molecule is Fc1cc(Br)c(F)nc1Br. The Balaban J connectivity index is 3.28. The molecular weight excluding hydrogens is 272 g/mol. The highest BCUT2D eigenvalue weighted by molar-refractivity contribution is 9.11. The summed E-state index contributed by atoms with van der Waals surface area (Å²) in [6.45, 7) is 0. The van der Waals surface area contributed by atoms with Gasteiger partial charge in [-0.3, -0.25) is 0 Å². The molecule has 0 radical (unpaired) electrons. The van der Waals surface area contributed by atoms with Crippen LogP contribution < -0.4 is 0 Å². The van der Waals surface area contributed by atoms with Crippen LogP contribution in [0.2, 0.25) is 0 Å². The molecule has 1 nitrogen and oxygen atoms in total. The topological polar surface area (TPSA) is 12.9 Å². The van der Waals surface area contributed by atoms with E-state index in [1.54, 1.807) is 0 Å². The molecule has 0 saturated carbocycles. The van der Waals surface area contributed by atoms with Gasteiger partial charge < -0.3 is 0 Å². The van der Waals surface area contributed by atoms with E-state index in [1.165, 1.54) is 0 Å². The number of rotatable bonds is 0. The van der Waals surface area contributed by atoms with E-state index < -0.39 is 11.8 Å². The summed E-state index contributed by atoms with van der Waals surface area (Å²) in [5.74, 6) is -1.32. The molecule has 0 bridgehead atoms. The van der Waals surface area contributed by atoms with E-state index in [0.29, 0.717) is 0 Å². The summed E-state index contributed by atoms with van der Waals surface area (Å²) in [4.78, 5) is 3.20. The Labute approximate surface area is 72.7 Å². The summed E-state index contributed by atoms with van der Waals surface area (Å²) < 4.78 is 24.8. The largest absolute Gasteiger partial charge is 0.228 e. The van der Waals surface area contributed by atoms with Crippen LogP contribution in [0, 0.1) is 11.8 Å². The lowest BCUT2D eigenvalue weighted by Gasteiger charge is -1.94. The van der Waals surface area contributed by atoms with Crippen molar-refractivity contribution in [2.24, 2.45) is 0 Å². The Morgan fingerprint density at radius 2 is 1.90 bits per heavy atom. The Morgan fingerprint density at radius 1 is 1.30 bits per heavy atom. The van der Waals surface area contributed by atoms with Crippen molar-refractivity contribution in [3.8, 4) is 0 Å². The van der Waals surface area contributed by atoms with Crippen molar-refractivity contribution in [3.05, 3.63) is 26.9 Å². The van der Waals surface area contributed by atoms with E-state index in [9.17, 15) is 8.78 Å².